The van der Waals surface area contributed by atoms with Gasteiger partial charge < -0.3 is 14.8 Å². The Labute approximate surface area is 146 Å². The van der Waals surface area contributed by atoms with Gasteiger partial charge in [0.05, 0.1) is 7.11 Å². The number of methoxy groups -OCH3 is 1. The highest BCUT2D eigenvalue weighted by Gasteiger charge is 2.11. The van der Waals surface area contributed by atoms with Gasteiger partial charge in [-0.15, -0.1) is 6.42 Å². The van der Waals surface area contributed by atoms with E-state index in [9.17, 15) is 10.1 Å². The van der Waals surface area contributed by atoms with Crippen LogP contribution < -0.4 is 14.8 Å². The van der Waals surface area contributed by atoms with E-state index in [2.05, 4.69) is 11.2 Å². The minimum absolute atomic E-state index is 0.0248. The van der Waals surface area contributed by atoms with Crippen molar-refractivity contribution >= 4 is 17.7 Å². The molecule has 0 aromatic heterocycles. The average molecular weight is 332 g/mol. The molecule has 0 aliphatic rings. The number of hydrogen-bond donors (Lipinski definition) is 1. The van der Waals surface area contributed by atoms with Crippen LogP contribution in [0.2, 0.25) is 0 Å². The number of rotatable bonds is 6. The second kappa shape index (κ2) is 8.81. The summed E-state index contributed by atoms with van der Waals surface area (Å²) in [5.41, 5.74) is 1.22. The Morgan fingerprint density at radius 3 is 2.64 bits per heavy atom. The maximum absolute atomic E-state index is 12.2. The van der Waals surface area contributed by atoms with Gasteiger partial charge in [0.1, 0.15) is 18.2 Å². The molecule has 0 aliphatic heterocycles. The molecular weight excluding hydrogens is 316 g/mol. The fraction of sp³-hybridized carbons (Fsp3) is 0.100. The maximum Gasteiger partial charge on any atom is 0.266 e. The van der Waals surface area contributed by atoms with E-state index in [4.69, 9.17) is 15.9 Å². The van der Waals surface area contributed by atoms with Crippen LogP contribution >= 0.6 is 0 Å². The third kappa shape index (κ3) is 4.89. The molecule has 0 fully saturated rings. The van der Waals surface area contributed by atoms with Crippen molar-refractivity contribution in [1.29, 1.82) is 5.26 Å². The summed E-state index contributed by atoms with van der Waals surface area (Å²) in [6, 6.07) is 15.9. The lowest BCUT2D eigenvalue weighted by Gasteiger charge is -2.09. The number of nitrogens with zero attached hydrogens (tertiary/aromatic N) is 1. The number of anilines is 1. The van der Waals surface area contributed by atoms with E-state index in [0.29, 0.717) is 22.7 Å². The molecule has 1 amide bonds. The molecule has 0 saturated heterocycles. The summed E-state index contributed by atoms with van der Waals surface area (Å²) in [6.45, 7) is 0.120. The molecule has 2 aromatic rings. The van der Waals surface area contributed by atoms with Gasteiger partial charge >= 0.3 is 0 Å². The number of terminal acetylenes is 1. The van der Waals surface area contributed by atoms with Gasteiger partial charge in [0.2, 0.25) is 0 Å². The van der Waals surface area contributed by atoms with E-state index >= 15 is 0 Å². The number of ether oxygens (including phenoxy) is 2. The second-order valence-electron chi connectivity index (χ2n) is 4.89. The standard InChI is InChI=1S/C20H16N2O3/c1-3-11-25-18-10-9-15(13-19(18)24-2)12-16(14-21)20(23)22-17-7-5-4-6-8-17/h1,4-10,12-13H,11H2,2H3,(H,22,23)/b16-12-. The zero-order chi connectivity index (χ0) is 18.1. The highest BCUT2D eigenvalue weighted by Crippen LogP contribution is 2.29. The molecule has 0 spiro atoms. The molecule has 0 radical (unpaired) electrons. The van der Waals surface area contributed by atoms with Crippen LogP contribution in [0.5, 0.6) is 11.5 Å². The van der Waals surface area contributed by atoms with Crippen molar-refractivity contribution in [2.75, 3.05) is 19.0 Å². The molecule has 0 atom stereocenters. The Balaban J connectivity index is 2.22. The first-order chi connectivity index (χ1) is 12.2. The number of benzene rings is 2. The third-order valence-corrected chi connectivity index (χ3v) is 3.21. The smallest absolute Gasteiger partial charge is 0.266 e. The van der Waals surface area contributed by atoms with Gasteiger partial charge in [-0.05, 0) is 35.9 Å². The van der Waals surface area contributed by atoms with Crippen molar-refractivity contribution in [2.45, 2.75) is 0 Å². The van der Waals surface area contributed by atoms with Crippen molar-refractivity contribution in [3.63, 3.8) is 0 Å². The average Bonchev–Trinajstić information content (AvgIpc) is 2.65. The molecule has 0 heterocycles. The Bertz CT molecular complexity index is 859. The van der Waals surface area contributed by atoms with Crippen LogP contribution in [0, 0.1) is 23.7 Å². The van der Waals surface area contributed by atoms with E-state index in [1.165, 1.54) is 13.2 Å². The van der Waals surface area contributed by atoms with Crippen LogP contribution in [0.15, 0.2) is 54.1 Å². The molecule has 25 heavy (non-hydrogen) atoms. The lowest BCUT2D eigenvalue weighted by molar-refractivity contribution is -0.112. The molecule has 0 unspecified atom stereocenters. The number of carbonyl (C=O) groups is 1. The zero-order valence-corrected chi connectivity index (χ0v) is 13.7. The van der Waals surface area contributed by atoms with Crippen molar-refractivity contribution in [1.82, 2.24) is 0 Å². The summed E-state index contributed by atoms with van der Waals surface area (Å²) in [7, 11) is 1.50. The first-order valence-electron chi connectivity index (χ1n) is 7.40. The fourth-order valence-corrected chi connectivity index (χ4v) is 2.05. The number of nitrogens with one attached hydrogen (secondary N) is 1. The zero-order valence-electron chi connectivity index (χ0n) is 13.7. The SMILES string of the molecule is C#CCOc1ccc(/C=C(/C#N)C(=O)Nc2ccccc2)cc1OC. The fourth-order valence-electron chi connectivity index (χ4n) is 2.05. The second-order valence-corrected chi connectivity index (χ2v) is 4.89. The van der Waals surface area contributed by atoms with Crippen molar-refractivity contribution in [3.8, 4) is 29.9 Å². The predicted molar refractivity (Wildman–Crippen MR) is 96.0 cm³/mol. The van der Waals surface area contributed by atoms with Gasteiger partial charge in [-0.2, -0.15) is 5.26 Å². The number of para-hydroxylation sites is 1. The Hall–Kier alpha value is -3.70. The largest absolute Gasteiger partial charge is 0.493 e. The lowest BCUT2D eigenvalue weighted by Crippen LogP contribution is -2.13. The molecule has 1 N–H and O–H groups in total. The van der Waals surface area contributed by atoms with E-state index in [1.807, 2.05) is 12.1 Å². The van der Waals surface area contributed by atoms with Crippen LogP contribution in [0.1, 0.15) is 5.56 Å². The summed E-state index contributed by atoms with van der Waals surface area (Å²) in [5, 5.41) is 11.9. The molecule has 2 aromatic carbocycles. The van der Waals surface area contributed by atoms with Crippen molar-refractivity contribution in [3.05, 3.63) is 59.7 Å². The molecule has 0 saturated carbocycles. The Kier molecular flexibility index (Phi) is 6.22. The number of nitriles is 1. The number of carbonyl (C=O) groups excluding carboxylic acids is 1. The first-order valence-corrected chi connectivity index (χ1v) is 7.40. The minimum Gasteiger partial charge on any atom is -0.493 e. The van der Waals surface area contributed by atoms with Gasteiger partial charge in [0.15, 0.2) is 11.5 Å². The summed E-state index contributed by atoms with van der Waals surface area (Å²) in [5.74, 6) is 2.84. The van der Waals surface area contributed by atoms with Crippen LogP contribution in [0.3, 0.4) is 0 Å². The maximum atomic E-state index is 12.2. The highest BCUT2D eigenvalue weighted by molar-refractivity contribution is 6.09. The molecule has 124 valence electrons. The van der Waals surface area contributed by atoms with Crippen LogP contribution in [-0.4, -0.2) is 19.6 Å². The van der Waals surface area contributed by atoms with Gasteiger partial charge in [0.25, 0.3) is 5.91 Å². The normalized spacial score (nSPS) is 10.3. The minimum atomic E-state index is -0.486. The van der Waals surface area contributed by atoms with E-state index < -0.39 is 5.91 Å². The van der Waals surface area contributed by atoms with E-state index in [0.717, 1.165) is 0 Å². The molecular formula is C20H16N2O3. The first kappa shape index (κ1) is 17.7. The van der Waals surface area contributed by atoms with Crippen LogP contribution in [0.25, 0.3) is 6.08 Å². The number of hydrogen-bond acceptors (Lipinski definition) is 4. The monoisotopic (exact) mass is 332 g/mol. The van der Waals surface area contributed by atoms with Crippen LogP contribution in [0.4, 0.5) is 5.69 Å². The van der Waals surface area contributed by atoms with Gasteiger partial charge in [-0.25, -0.2) is 0 Å². The summed E-state index contributed by atoms with van der Waals surface area (Å²) < 4.78 is 10.6. The molecule has 0 bridgehead atoms. The predicted octanol–water partition coefficient (Wildman–Crippen LogP) is 3.25. The third-order valence-electron chi connectivity index (χ3n) is 3.21. The van der Waals surface area contributed by atoms with E-state index in [1.54, 1.807) is 42.5 Å². The van der Waals surface area contributed by atoms with Gasteiger partial charge in [0, 0.05) is 5.69 Å². The summed E-state index contributed by atoms with van der Waals surface area (Å²) >= 11 is 0. The molecule has 0 aliphatic carbocycles. The number of amides is 1. The van der Waals surface area contributed by atoms with E-state index in [-0.39, 0.29) is 12.2 Å². The Morgan fingerprint density at radius 2 is 2.00 bits per heavy atom. The summed E-state index contributed by atoms with van der Waals surface area (Å²) in [4.78, 5) is 12.2. The lowest BCUT2D eigenvalue weighted by atomic mass is 10.1. The highest BCUT2D eigenvalue weighted by atomic mass is 16.5. The van der Waals surface area contributed by atoms with Gasteiger partial charge in [-0.1, -0.05) is 30.2 Å². The quantitative estimate of drug-likeness (QED) is 0.501. The molecule has 5 heteroatoms. The van der Waals surface area contributed by atoms with Crippen molar-refractivity contribution < 1.29 is 14.3 Å². The molecule has 2 rings (SSSR count). The van der Waals surface area contributed by atoms with Crippen molar-refractivity contribution in [2.24, 2.45) is 0 Å². The topological polar surface area (TPSA) is 71.3 Å². The van der Waals surface area contributed by atoms with Crippen LogP contribution in [-0.2, 0) is 4.79 Å². The molecule has 5 nitrogen and oxygen atoms in total. The summed E-state index contributed by atoms with van der Waals surface area (Å²) in [6.07, 6.45) is 6.65. The van der Waals surface area contributed by atoms with Gasteiger partial charge in [-0.3, -0.25) is 4.79 Å². The Morgan fingerprint density at radius 1 is 1.24 bits per heavy atom.